The van der Waals surface area contributed by atoms with Crippen molar-refractivity contribution in [3.63, 3.8) is 0 Å². The number of nitrogens with one attached hydrogen (secondary N) is 1. The quantitative estimate of drug-likeness (QED) is 0.761. The van der Waals surface area contributed by atoms with Gasteiger partial charge in [0.05, 0.1) is 24.7 Å². The Labute approximate surface area is 135 Å². The van der Waals surface area contributed by atoms with Crippen LogP contribution in [0.15, 0.2) is 35.9 Å². The summed E-state index contributed by atoms with van der Waals surface area (Å²) in [6.45, 7) is 3.99. The normalized spacial score (nSPS) is 29.8. The number of ether oxygens (including phenoxy) is 1. The Morgan fingerprint density at radius 3 is 3.13 bits per heavy atom. The molecule has 1 aromatic heterocycles. The van der Waals surface area contributed by atoms with Crippen molar-refractivity contribution < 1.29 is 9.53 Å². The molecule has 0 aliphatic carbocycles. The van der Waals surface area contributed by atoms with Crippen LogP contribution in [0.4, 0.5) is 0 Å². The van der Waals surface area contributed by atoms with Gasteiger partial charge in [0.15, 0.2) is 0 Å². The molecule has 4 nitrogen and oxygen atoms in total. The highest BCUT2D eigenvalue weighted by atomic mass is 16.5. The molecule has 118 valence electrons. The van der Waals surface area contributed by atoms with Crippen LogP contribution in [-0.4, -0.2) is 35.5 Å². The molecule has 3 aliphatic heterocycles. The number of fused-ring (bicyclic) bond motifs is 6. The van der Waals surface area contributed by atoms with Crippen LogP contribution in [0.5, 0.6) is 0 Å². The van der Waals surface area contributed by atoms with E-state index in [-0.39, 0.29) is 11.9 Å². The van der Waals surface area contributed by atoms with Gasteiger partial charge in [0.1, 0.15) is 0 Å². The molecule has 5 rings (SSSR count). The van der Waals surface area contributed by atoms with Gasteiger partial charge in [0, 0.05) is 23.1 Å². The van der Waals surface area contributed by atoms with Gasteiger partial charge in [-0.15, -0.1) is 0 Å². The smallest absolute Gasteiger partial charge is 0.235 e. The number of nitrogens with zero attached hydrogens (tertiary/aromatic N) is 1. The third-order valence-electron chi connectivity index (χ3n) is 5.85. The van der Waals surface area contributed by atoms with Crippen molar-refractivity contribution in [3.05, 3.63) is 47.2 Å². The monoisotopic (exact) mass is 308 g/mol. The molecule has 1 saturated heterocycles. The van der Waals surface area contributed by atoms with E-state index in [1.165, 1.54) is 27.7 Å². The Hall–Kier alpha value is -2.07. The first kappa shape index (κ1) is 13.4. The van der Waals surface area contributed by atoms with Gasteiger partial charge in [-0.05, 0) is 31.4 Å². The van der Waals surface area contributed by atoms with Crippen LogP contribution in [0.3, 0.4) is 0 Å². The van der Waals surface area contributed by atoms with Crippen molar-refractivity contribution in [1.82, 2.24) is 9.88 Å². The van der Waals surface area contributed by atoms with Gasteiger partial charge in [-0.3, -0.25) is 4.79 Å². The molecule has 1 aromatic carbocycles. The van der Waals surface area contributed by atoms with E-state index in [9.17, 15) is 4.79 Å². The zero-order chi connectivity index (χ0) is 15.6. The van der Waals surface area contributed by atoms with E-state index in [2.05, 4.69) is 40.2 Å². The van der Waals surface area contributed by atoms with Gasteiger partial charge in [-0.2, -0.15) is 0 Å². The molecule has 0 radical (unpaired) electrons. The van der Waals surface area contributed by atoms with Gasteiger partial charge in [-0.25, -0.2) is 0 Å². The molecule has 23 heavy (non-hydrogen) atoms. The van der Waals surface area contributed by atoms with Crippen LogP contribution >= 0.6 is 0 Å². The highest BCUT2D eigenvalue weighted by Crippen LogP contribution is 2.48. The van der Waals surface area contributed by atoms with Crippen LogP contribution in [0.25, 0.3) is 10.9 Å². The van der Waals surface area contributed by atoms with Crippen molar-refractivity contribution in [2.75, 3.05) is 19.8 Å². The minimum atomic E-state index is -0.460. The van der Waals surface area contributed by atoms with Crippen LogP contribution in [-0.2, 0) is 16.0 Å². The molecule has 2 atom stereocenters. The van der Waals surface area contributed by atoms with Crippen molar-refractivity contribution in [1.29, 1.82) is 0 Å². The molecule has 0 spiro atoms. The fraction of sp³-hybridized carbons (Fsp3) is 0.421. The summed E-state index contributed by atoms with van der Waals surface area (Å²) in [7, 11) is 0. The minimum absolute atomic E-state index is 0.149. The summed E-state index contributed by atoms with van der Waals surface area (Å²) in [5, 5.41) is 1.31. The maximum absolute atomic E-state index is 13.1. The lowest BCUT2D eigenvalue weighted by Gasteiger charge is -2.49. The van der Waals surface area contributed by atoms with E-state index < -0.39 is 5.41 Å². The number of benzene rings is 1. The van der Waals surface area contributed by atoms with Crippen molar-refractivity contribution in [2.24, 2.45) is 5.41 Å². The van der Waals surface area contributed by atoms with Gasteiger partial charge in [0.2, 0.25) is 5.91 Å². The summed E-state index contributed by atoms with van der Waals surface area (Å²) in [6.07, 6.45) is 3.97. The number of carbonyl (C=O) groups excluding carboxylic acids is 1. The van der Waals surface area contributed by atoms with E-state index in [0.717, 1.165) is 19.4 Å². The molecular formula is C19H20N2O2. The number of rotatable bonds is 0. The van der Waals surface area contributed by atoms with E-state index in [1.54, 1.807) is 0 Å². The average Bonchev–Trinajstić information content (AvgIpc) is 2.95. The van der Waals surface area contributed by atoms with E-state index >= 15 is 0 Å². The lowest BCUT2D eigenvalue weighted by atomic mass is 9.71. The topological polar surface area (TPSA) is 45.3 Å². The highest BCUT2D eigenvalue weighted by molar-refractivity contribution is 5.90. The number of aromatic nitrogens is 1. The summed E-state index contributed by atoms with van der Waals surface area (Å²) >= 11 is 0. The summed E-state index contributed by atoms with van der Waals surface area (Å²) < 4.78 is 5.58. The maximum Gasteiger partial charge on any atom is 0.235 e. The zero-order valence-corrected chi connectivity index (χ0v) is 13.3. The van der Waals surface area contributed by atoms with Crippen molar-refractivity contribution >= 4 is 16.8 Å². The Bertz CT molecular complexity index is 850. The Kier molecular flexibility index (Phi) is 2.61. The number of aromatic amines is 1. The predicted molar refractivity (Wildman–Crippen MR) is 88.1 cm³/mol. The van der Waals surface area contributed by atoms with E-state index in [4.69, 9.17) is 4.74 Å². The van der Waals surface area contributed by atoms with E-state index in [1.807, 2.05) is 6.92 Å². The summed E-state index contributed by atoms with van der Waals surface area (Å²) in [4.78, 5) is 18.8. The highest BCUT2D eigenvalue weighted by Gasteiger charge is 2.50. The van der Waals surface area contributed by atoms with Crippen LogP contribution < -0.4 is 0 Å². The predicted octanol–water partition coefficient (Wildman–Crippen LogP) is 2.96. The molecule has 0 saturated carbocycles. The number of H-pyrrole nitrogens is 1. The van der Waals surface area contributed by atoms with Crippen molar-refractivity contribution in [3.8, 4) is 0 Å². The molecule has 4 heterocycles. The maximum atomic E-state index is 13.1. The summed E-state index contributed by atoms with van der Waals surface area (Å²) in [5.74, 6) is 0.226. The Morgan fingerprint density at radius 2 is 2.22 bits per heavy atom. The number of hydrogen-bond donors (Lipinski definition) is 1. The fourth-order valence-corrected chi connectivity index (χ4v) is 4.55. The average molecular weight is 308 g/mol. The molecule has 0 bridgehead atoms. The Morgan fingerprint density at radius 1 is 1.35 bits per heavy atom. The second-order valence-corrected chi connectivity index (χ2v) is 7.11. The number of carbonyl (C=O) groups is 1. The van der Waals surface area contributed by atoms with Crippen molar-refractivity contribution in [2.45, 2.75) is 25.8 Å². The standard InChI is InChI=1S/C19H20N2O2/c1-19-11-23-9-7-12(19)10-16-17-14(6-8-21(16)18(19)22)13-4-2-3-5-15(13)20-17/h2-5,7,16,20H,6,8-11H2,1H3/t16-,19-/m0/s1. The molecule has 1 amide bonds. The number of amides is 1. The van der Waals surface area contributed by atoms with E-state index in [0.29, 0.717) is 13.2 Å². The number of piperidine rings is 1. The zero-order valence-electron chi connectivity index (χ0n) is 13.3. The lowest BCUT2D eigenvalue weighted by Crippen LogP contribution is -2.55. The summed E-state index contributed by atoms with van der Waals surface area (Å²) in [5.41, 5.74) is 4.60. The SMILES string of the molecule is C[C@]12COCC=C1C[C@H]1c3[nH]c4ccccc4c3CCN1C2=O. The van der Waals surface area contributed by atoms with Crippen LogP contribution in [0.2, 0.25) is 0 Å². The molecular weight excluding hydrogens is 288 g/mol. The van der Waals surface area contributed by atoms with Gasteiger partial charge in [-0.1, -0.05) is 29.8 Å². The first-order valence-corrected chi connectivity index (χ1v) is 8.36. The second kappa shape index (κ2) is 4.48. The van der Waals surface area contributed by atoms with Gasteiger partial charge < -0.3 is 14.6 Å². The number of para-hydroxylation sites is 1. The summed E-state index contributed by atoms with van der Waals surface area (Å²) in [6, 6.07) is 8.61. The van der Waals surface area contributed by atoms with Gasteiger partial charge in [0.25, 0.3) is 0 Å². The second-order valence-electron chi connectivity index (χ2n) is 7.11. The third-order valence-corrected chi connectivity index (χ3v) is 5.85. The first-order valence-electron chi connectivity index (χ1n) is 8.36. The Balaban J connectivity index is 1.66. The molecule has 3 aliphatic rings. The molecule has 1 fully saturated rings. The fourth-order valence-electron chi connectivity index (χ4n) is 4.55. The molecule has 1 N–H and O–H groups in total. The third kappa shape index (κ3) is 1.67. The van der Waals surface area contributed by atoms with Crippen LogP contribution in [0.1, 0.15) is 30.6 Å². The number of hydrogen-bond acceptors (Lipinski definition) is 2. The van der Waals surface area contributed by atoms with Gasteiger partial charge >= 0.3 is 0 Å². The molecule has 2 aromatic rings. The molecule has 0 unspecified atom stereocenters. The lowest BCUT2D eigenvalue weighted by molar-refractivity contribution is -0.150. The van der Waals surface area contributed by atoms with Crippen LogP contribution in [0, 0.1) is 5.41 Å². The largest absolute Gasteiger partial charge is 0.376 e. The molecule has 4 heteroatoms. The minimum Gasteiger partial charge on any atom is -0.376 e. The first-order chi connectivity index (χ1) is 11.2.